The second-order valence-corrected chi connectivity index (χ2v) is 8.41. The monoisotopic (exact) mass is 485 g/mol. The smallest absolute Gasteiger partial charge is 0.236 e. The van der Waals surface area contributed by atoms with E-state index in [0.717, 1.165) is 12.2 Å². The van der Waals surface area contributed by atoms with Crippen molar-refractivity contribution >= 4 is 58.3 Å². The zero-order chi connectivity index (χ0) is 21.5. The Hall–Kier alpha value is -2.00. The van der Waals surface area contributed by atoms with E-state index in [0.29, 0.717) is 44.8 Å². The van der Waals surface area contributed by atoms with Crippen LogP contribution in [-0.2, 0) is 18.3 Å². The van der Waals surface area contributed by atoms with E-state index in [1.54, 1.807) is 30.3 Å². The van der Waals surface area contributed by atoms with Crippen molar-refractivity contribution in [2.24, 2.45) is 7.05 Å². The number of amides is 1. The Morgan fingerprint density at radius 2 is 1.97 bits per heavy atom. The molecule has 2 aromatic heterocycles. The molecule has 0 unspecified atom stereocenters. The van der Waals surface area contributed by atoms with Gasteiger partial charge < -0.3 is 14.6 Å². The molecule has 30 heavy (non-hydrogen) atoms. The van der Waals surface area contributed by atoms with Crippen LogP contribution >= 0.6 is 46.6 Å². The fourth-order valence-electron chi connectivity index (χ4n) is 2.45. The number of aryl methyl sites for hydroxylation is 1. The van der Waals surface area contributed by atoms with Crippen molar-refractivity contribution in [3.63, 3.8) is 0 Å². The molecule has 158 valence electrons. The summed E-state index contributed by atoms with van der Waals surface area (Å²) in [7, 11) is 1.87. The van der Waals surface area contributed by atoms with E-state index in [2.05, 4.69) is 20.5 Å². The molecule has 0 fully saturated rings. The van der Waals surface area contributed by atoms with Gasteiger partial charge in [0.2, 0.25) is 5.91 Å². The molecule has 0 saturated carbocycles. The normalized spacial score (nSPS) is 10.8. The Kier molecular flexibility index (Phi) is 8.21. The number of carbonyl (C=O) groups is 1. The summed E-state index contributed by atoms with van der Waals surface area (Å²) in [6.45, 7) is 0.479. The molecular weight excluding hydrogens is 469 g/mol. The first-order valence-electron chi connectivity index (χ1n) is 8.92. The van der Waals surface area contributed by atoms with Crippen LogP contribution < -0.4 is 10.1 Å². The molecule has 0 aliphatic rings. The molecule has 7 nitrogen and oxygen atoms in total. The van der Waals surface area contributed by atoms with E-state index in [4.69, 9.17) is 39.5 Å². The number of hydrogen-bond donors (Lipinski definition) is 1. The van der Waals surface area contributed by atoms with Gasteiger partial charge >= 0.3 is 0 Å². The van der Waals surface area contributed by atoms with Crippen LogP contribution in [0.15, 0.2) is 41.7 Å². The van der Waals surface area contributed by atoms with Crippen molar-refractivity contribution in [3.8, 4) is 5.75 Å². The molecule has 0 aliphatic carbocycles. The predicted octanol–water partition coefficient (Wildman–Crippen LogP) is 4.91. The van der Waals surface area contributed by atoms with Crippen LogP contribution in [0.4, 0.5) is 5.82 Å². The van der Waals surface area contributed by atoms with Gasteiger partial charge in [-0.3, -0.25) is 4.79 Å². The Balaban J connectivity index is 1.43. The largest absolute Gasteiger partial charge is 0.492 e. The van der Waals surface area contributed by atoms with Crippen LogP contribution in [0.25, 0.3) is 0 Å². The van der Waals surface area contributed by atoms with Gasteiger partial charge in [-0.15, -0.1) is 10.2 Å². The summed E-state index contributed by atoms with van der Waals surface area (Å²) >= 11 is 19.1. The summed E-state index contributed by atoms with van der Waals surface area (Å²) in [6, 6.07) is 8.42. The molecule has 1 amide bonds. The number of benzene rings is 1. The van der Waals surface area contributed by atoms with Crippen molar-refractivity contribution in [1.29, 1.82) is 0 Å². The number of carbonyl (C=O) groups excluding carboxylic acids is 1. The number of rotatable bonds is 9. The highest BCUT2D eigenvalue weighted by molar-refractivity contribution is 7.99. The lowest BCUT2D eigenvalue weighted by atomic mass is 10.3. The fourth-order valence-corrected chi connectivity index (χ4v) is 3.76. The highest BCUT2D eigenvalue weighted by Gasteiger charge is 2.12. The number of anilines is 1. The van der Waals surface area contributed by atoms with Gasteiger partial charge in [-0.05, 0) is 36.8 Å². The summed E-state index contributed by atoms with van der Waals surface area (Å²) in [5.74, 6) is 1.85. The maximum atomic E-state index is 12.1. The number of thioether (sulfide) groups is 1. The maximum absolute atomic E-state index is 12.1. The van der Waals surface area contributed by atoms with E-state index >= 15 is 0 Å². The van der Waals surface area contributed by atoms with E-state index in [9.17, 15) is 4.79 Å². The van der Waals surface area contributed by atoms with Crippen molar-refractivity contribution in [3.05, 3.63) is 57.4 Å². The van der Waals surface area contributed by atoms with Crippen LogP contribution in [0.3, 0.4) is 0 Å². The first kappa shape index (κ1) is 22.7. The molecule has 11 heteroatoms. The van der Waals surface area contributed by atoms with Gasteiger partial charge in [0.1, 0.15) is 17.4 Å². The van der Waals surface area contributed by atoms with Gasteiger partial charge in [0.15, 0.2) is 5.16 Å². The standard InChI is InChI=1S/C19H18Cl3N5O2S/c1-27-17(3-2-8-29-15-6-4-12(20)9-14(15)22)25-26-19(27)30-11-18(28)24-16-7-5-13(21)10-23-16/h4-7,9-10H,2-3,8,11H2,1H3,(H,23,24,28). The van der Waals surface area contributed by atoms with Gasteiger partial charge in [0.25, 0.3) is 0 Å². The summed E-state index contributed by atoms with van der Waals surface area (Å²) in [4.78, 5) is 16.1. The number of aromatic nitrogens is 4. The third-order valence-corrected chi connectivity index (χ3v) is 5.72. The zero-order valence-corrected chi connectivity index (χ0v) is 19.0. The summed E-state index contributed by atoms with van der Waals surface area (Å²) in [6.07, 6.45) is 2.89. The van der Waals surface area contributed by atoms with Crippen molar-refractivity contribution in [2.75, 3.05) is 17.7 Å². The summed E-state index contributed by atoms with van der Waals surface area (Å²) < 4.78 is 7.55. The van der Waals surface area contributed by atoms with Gasteiger partial charge in [-0.2, -0.15) is 0 Å². The number of nitrogens with zero attached hydrogens (tertiary/aromatic N) is 4. The molecule has 0 bridgehead atoms. The lowest BCUT2D eigenvalue weighted by Crippen LogP contribution is -2.15. The second kappa shape index (κ2) is 10.9. The average Bonchev–Trinajstić information content (AvgIpc) is 3.06. The van der Waals surface area contributed by atoms with Crippen molar-refractivity contribution in [2.45, 2.75) is 18.0 Å². The topological polar surface area (TPSA) is 81.9 Å². The number of pyridine rings is 1. The molecule has 3 aromatic rings. The highest BCUT2D eigenvalue weighted by Crippen LogP contribution is 2.27. The van der Waals surface area contributed by atoms with Crippen LogP contribution in [-0.4, -0.2) is 38.0 Å². The Bertz CT molecular complexity index is 1010. The maximum Gasteiger partial charge on any atom is 0.236 e. The molecule has 0 radical (unpaired) electrons. The van der Waals surface area contributed by atoms with Gasteiger partial charge in [-0.25, -0.2) is 4.98 Å². The molecule has 0 spiro atoms. The third kappa shape index (κ3) is 6.50. The zero-order valence-electron chi connectivity index (χ0n) is 15.9. The lowest BCUT2D eigenvalue weighted by molar-refractivity contribution is -0.113. The molecular formula is C19H18Cl3N5O2S. The van der Waals surface area contributed by atoms with Crippen molar-refractivity contribution in [1.82, 2.24) is 19.7 Å². The van der Waals surface area contributed by atoms with Crippen LogP contribution in [0, 0.1) is 0 Å². The first-order chi connectivity index (χ1) is 14.4. The average molecular weight is 487 g/mol. The second-order valence-electron chi connectivity index (χ2n) is 6.18. The molecule has 0 saturated heterocycles. The van der Waals surface area contributed by atoms with Gasteiger partial charge in [0, 0.05) is 24.7 Å². The van der Waals surface area contributed by atoms with Gasteiger partial charge in [-0.1, -0.05) is 46.6 Å². The molecule has 0 atom stereocenters. The van der Waals surface area contributed by atoms with E-state index in [1.807, 2.05) is 11.6 Å². The van der Waals surface area contributed by atoms with Crippen LogP contribution in [0.2, 0.25) is 15.1 Å². The van der Waals surface area contributed by atoms with Gasteiger partial charge in [0.05, 0.1) is 22.4 Å². The Morgan fingerprint density at radius 3 is 2.70 bits per heavy atom. The number of ether oxygens (including phenoxy) is 1. The van der Waals surface area contributed by atoms with Crippen LogP contribution in [0.1, 0.15) is 12.2 Å². The SMILES string of the molecule is Cn1c(CCCOc2ccc(Cl)cc2Cl)nnc1SCC(=O)Nc1ccc(Cl)cn1. The first-order valence-corrected chi connectivity index (χ1v) is 11.0. The van der Waals surface area contributed by atoms with Crippen LogP contribution in [0.5, 0.6) is 5.75 Å². The highest BCUT2D eigenvalue weighted by atomic mass is 35.5. The quantitative estimate of drug-likeness (QED) is 0.342. The molecule has 2 heterocycles. The lowest BCUT2D eigenvalue weighted by Gasteiger charge is -2.08. The summed E-state index contributed by atoms with van der Waals surface area (Å²) in [5.41, 5.74) is 0. The Labute approximate surface area is 193 Å². The number of hydrogen-bond acceptors (Lipinski definition) is 6. The Morgan fingerprint density at radius 1 is 1.17 bits per heavy atom. The minimum Gasteiger partial charge on any atom is -0.492 e. The molecule has 1 aromatic carbocycles. The minimum atomic E-state index is -0.187. The third-order valence-electron chi connectivity index (χ3n) is 3.95. The van der Waals surface area contributed by atoms with E-state index < -0.39 is 0 Å². The van der Waals surface area contributed by atoms with E-state index in [-0.39, 0.29) is 11.7 Å². The molecule has 0 aliphatic heterocycles. The number of nitrogens with one attached hydrogen (secondary N) is 1. The summed E-state index contributed by atoms with van der Waals surface area (Å²) in [5, 5.41) is 13.3. The number of halogens is 3. The molecule has 3 rings (SSSR count). The van der Waals surface area contributed by atoms with E-state index in [1.165, 1.54) is 18.0 Å². The molecule has 1 N–H and O–H groups in total. The fraction of sp³-hybridized carbons (Fsp3) is 0.263. The minimum absolute atomic E-state index is 0.187. The van der Waals surface area contributed by atoms with Crippen molar-refractivity contribution < 1.29 is 9.53 Å². The predicted molar refractivity (Wildman–Crippen MR) is 120 cm³/mol.